The molecule has 2 unspecified atom stereocenters. The van der Waals surface area contributed by atoms with E-state index in [1.54, 1.807) is 29.7 Å². The average molecular weight is 334 g/mol. The molecular weight excluding hydrogens is 318 g/mol. The molecule has 0 radical (unpaired) electrons. The summed E-state index contributed by atoms with van der Waals surface area (Å²) in [4.78, 5) is 39.2. The number of piperidine rings is 1. The van der Waals surface area contributed by atoms with Gasteiger partial charge in [-0.05, 0) is 38.0 Å². The molecule has 0 saturated carbocycles. The Kier molecular flexibility index (Phi) is 4.28. The monoisotopic (exact) mass is 333 g/mol. The van der Waals surface area contributed by atoms with E-state index in [1.807, 2.05) is 0 Å². The van der Waals surface area contributed by atoms with Gasteiger partial charge < -0.3 is 5.32 Å². The maximum atomic E-state index is 12.8. The number of rotatable bonds is 3. The molecule has 1 aromatic carbocycles. The number of carbonyl (C=O) groups excluding carboxylic acids is 2. The Balaban J connectivity index is 1.95. The van der Waals surface area contributed by atoms with Crippen LogP contribution in [0.1, 0.15) is 24.7 Å². The van der Waals surface area contributed by atoms with E-state index in [-0.39, 0.29) is 11.6 Å². The van der Waals surface area contributed by atoms with Crippen LogP contribution in [0.3, 0.4) is 0 Å². The number of halogens is 1. The van der Waals surface area contributed by atoms with Gasteiger partial charge in [0.2, 0.25) is 5.78 Å². The number of carbonyl (C=O) groups is 2. The predicted octanol–water partition coefficient (Wildman–Crippen LogP) is 1.42. The number of nitrogens with zero attached hydrogens (tertiary/aromatic N) is 2. The fourth-order valence-electron chi connectivity index (χ4n) is 3.10. The number of Topliss-reactive ketones (excluding diaryl/α,β-unsaturated/α-hetero) is 1. The minimum absolute atomic E-state index is 0.0919. The maximum absolute atomic E-state index is 12.8. The van der Waals surface area contributed by atoms with Crippen molar-refractivity contribution in [1.29, 1.82) is 0 Å². The molecule has 2 atom stereocenters. The molecule has 1 saturated heterocycles. The fourth-order valence-corrected chi connectivity index (χ4v) is 3.27. The first kappa shape index (κ1) is 15.8. The molecule has 1 aliphatic heterocycles. The summed E-state index contributed by atoms with van der Waals surface area (Å²) in [6.07, 6.45) is 1.50. The summed E-state index contributed by atoms with van der Waals surface area (Å²) in [5.41, 5.74) is 0.463. The lowest BCUT2D eigenvalue weighted by molar-refractivity contribution is -0.131. The van der Waals surface area contributed by atoms with Crippen molar-refractivity contribution >= 4 is 34.6 Å². The molecule has 1 aliphatic rings. The van der Waals surface area contributed by atoms with Gasteiger partial charge in [-0.25, -0.2) is 4.98 Å². The van der Waals surface area contributed by atoms with E-state index in [9.17, 15) is 14.4 Å². The van der Waals surface area contributed by atoms with E-state index in [2.05, 4.69) is 10.3 Å². The summed E-state index contributed by atoms with van der Waals surface area (Å²) in [6.45, 7) is 2.23. The molecule has 120 valence electrons. The highest BCUT2D eigenvalue weighted by Crippen LogP contribution is 2.22. The molecule has 0 spiro atoms. The van der Waals surface area contributed by atoms with Gasteiger partial charge in [0.1, 0.15) is 5.82 Å². The summed E-state index contributed by atoms with van der Waals surface area (Å²) in [5.74, 6) is 0.163. The molecule has 1 aromatic heterocycles. The Bertz CT molecular complexity index is 838. The molecule has 1 N–H and O–H groups in total. The first-order chi connectivity index (χ1) is 11.0. The number of nitrogens with one attached hydrogen (secondary N) is 1. The molecule has 7 heteroatoms. The minimum Gasteiger partial charge on any atom is -0.305 e. The molecule has 0 bridgehead atoms. The van der Waals surface area contributed by atoms with Crippen LogP contribution in [0.4, 0.5) is 0 Å². The van der Waals surface area contributed by atoms with Crippen molar-refractivity contribution in [1.82, 2.24) is 14.9 Å². The van der Waals surface area contributed by atoms with E-state index >= 15 is 0 Å². The van der Waals surface area contributed by atoms with Crippen LogP contribution < -0.4 is 10.9 Å². The van der Waals surface area contributed by atoms with Crippen LogP contribution in [0.5, 0.6) is 0 Å². The molecule has 6 nitrogen and oxygen atoms in total. The maximum Gasteiger partial charge on any atom is 0.261 e. The second-order valence-corrected chi connectivity index (χ2v) is 6.14. The summed E-state index contributed by atoms with van der Waals surface area (Å²) >= 11 is 5.95. The topological polar surface area (TPSA) is 81.1 Å². The minimum atomic E-state index is -0.452. The third-order valence-corrected chi connectivity index (χ3v) is 4.49. The second-order valence-electron chi connectivity index (χ2n) is 5.71. The Hall–Kier alpha value is -2.05. The highest BCUT2D eigenvalue weighted by Gasteiger charge is 2.27. The highest BCUT2D eigenvalue weighted by atomic mass is 35.5. The Morgan fingerprint density at radius 3 is 2.87 bits per heavy atom. The predicted molar refractivity (Wildman–Crippen MR) is 86.9 cm³/mol. The number of aromatic nitrogens is 2. The van der Waals surface area contributed by atoms with Crippen molar-refractivity contribution in [3.63, 3.8) is 0 Å². The van der Waals surface area contributed by atoms with E-state index in [1.165, 1.54) is 0 Å². The largest absolute Gasteiger partial charge is 0.305 e. The fraction of sp³-hybridized carbons (Fsp3) is 0.375. The molecule has 3 rings (SSSR count). The van der Waals surface area contributed by atoms with Crippen LogP contribution >= 0.6 is 11.6 Å². The standard InChI is InChI=1S/C16H16ClN3O3/c1-9-19-14-6-10(17)2-4-12(14)16(23)20(9)11-3-5-13(18-7-11)15(22)8-21/h2,4,6,8,11,13,18H,3,5,7H2,1H3. The van der Waals surface area contributed by atoms with Gasteiger partial charge in [-0.1, -0.05) is 11.6 Å². The Morgan fingerprint density at radius 1 is 1.43 bits per heavy atom. The lowest BCUT2D eigenvalue weighted by Crippen LogP contribution is -2.47. The number of aryl methyl sites for hydroxylation is 1. The van der Waals surface area contributed by atoms with Crippen molar-refractivity contribution in [3.05, 3.63) is 39.4 Å². The third-order valence-electron chi connectivity index (χ3n) is 4.25. The van der Waals surface area contributed by atoms with Crippen molar-refractivity contribution < 1.29 is 9.59 Å². The van der Waals surface area contributed by atoms with Gasteiger partial charge in [-0.2, -0.15) is 0 Å². The number of hydrogen-bond donors (Lipinski definition) is 1. The van der Waals surface area contributed by atoms with Gasteiger partial charge in [-0.3, -0.25) is 19.0 Å². The van der Waals surface area contributed by atoms with Gasteiger partial charge >= 0.3 is 0 Å². The van der Waals surface area contributed by atoms with E-state index in [4.69, 9.17) is 11.6 Å². The van der Waals surface area contributed by atoms with Crippen LogP contribution in [0, 0.1) is 6.92 Å². The summed E-state index contributed by atoms with van der Waals surface area (Å²) in [5, 5.41) is 4.10. The quantitative estimate of drug-likeness (QED) is 0.678. The number of fused-ring (bicyclic) bond motifs is 1. The first-order valence-electron chi connectivity index (χ1n) is 7.42. The third kappa shape index (κ3) is 2.92. The zero-order valence-corrected chi connectivity index (χ0v) is 13.3. The van der Waals surface area contributed by atoms with Crippen molar-refractivity contribution in [3.8, 4) is 0 Å². The Morgan fingerprint density at radius 2 is 2.22 bits per heavy atom. The van der Waals surface area contributed by atoms with Crippen LogP contribution in [0.2, 0.25) is 5.02 Å². The van der Waals surface area contributed by atoms with Crippen molar-refractivity contribution in [2.45, 2.75) is 31.8 Å². The molecule has 1 fully saturated rings. The summed E-state index contributed by atoms with van der Waals surface area (Å²) in [6, 6.07) is 4.48. The molecule has 2 aromatic rings. The van der Waals surface area contributed by atoms with E-state index < -0.39 is 11.8 Å². The normalized spacial score (nSPS) is 21.3. The SMILES string of the molecule is Cc1nc2cc(Cl)ccc2c(=O)n1C1CCC(C(=O)C=O)NC1. The van der Waals surface area contributed by atoms with Crippen molar-refractivity contribution in [2.24, 2.45) is 0 Å². The van der Waals surface area contributed by atoms with Crippen LogP contribution in [-0.4, -0.2) is 34.2 Å². The number of ketones is 1. The molecular formula is C16H16ClN3O3. The van der Waals surface area contributed by atoms with Gasteiger partial charge in [0.05, 0.1) is 23.0 Å². The van der Waals surface area contributed by atoms with Crippen molar-refractivity contribution in [2.75, 3.05) is 6.54 Å². The van der Waals surface area contributed by atoms with Crippen LogP contribution in [-0.2, 0) is 9.59 Å². The molecule has 23 heavy (non-hydrogen) atoms. The molecule has 0 amide bonds. The molecule has 0 aliphatic carbocycles. The second kappa shape index (κ2) is 6.22. The van der Waals surface area contributed by atoms with Gasteiger partial charge in [0.25, 0.3) is 5.56 Å². The van der Waals surface area contributed by atoms with Gasteiger partial charge in [0.15, 0.2) is 6.29 Å². The zero-order valence-electron chi connectivity index (χ0n) is 12.6. The van der Waals surface area contributed by atoms with Gasteiger partial charge in [-0.15, -0.1) is 0 Å². The van der Waals surface area contributed by atoms with E-state index in [0.29, 0.717) is 47.4 Å². The number of benzene rings is 1. The Labute approximate surface area is 137 Å². The van der Waals surface area contributed by atoms with Crippen LogP contribution in [0.15, 0.2) is 23.0 Å². The first-order valence-corrected chi connectivity index (χ1v) is 7.80. The van der Waals surface area contributed by atoms with E-state index in [0.717, 1.165) is 0 Å². The number of hydrogen-bond acceptors (Lipinski definition) is 5. The zero-order chi connectivity index (χ0) is 16.6. The van der Waals surface area contributed by atoms with Crippen LogP contribution in [0.25, 0.3) is 10.9 Å². The smallest absolute Gasteiger partial charge is 0.261 e. The summed E-state index contributed by atoms with van der Waals surface area (Å²) < 4.78 is 1.66. The summed E-state index contributed by atoms with van der Waals surface area (Å²) in [7, 11) is 0. The lowest BCUT2D eigenvalue weighted by Gasteiger charge is -2.30. The number of aldehydes is 1. The molecule has 2 heterocycles. The average Bonchev–Trinajstić information content (AvgIpc) is 2.54. The van der Waals surface area contributed by atoms with Gasteiger partial charge in [0, 0.05) is 11.6 Å². The lowest BCUT2D eigenvalue weighted by atomic mass is 9.97. The highest BCUT2D eigenvalue weighted by molar-refractivity contribution is 6.31.